The van der Waals surface area contributed by atoms with Gasteiger partial charge in [0.2, 0.25) is 5.76 Å². The maximum Gasteiger partial charge on any atom is 0.291 e. The number of amides is 1. The largest absolute Gasteiger partial charge is 0.495 e. The number of para-hydroxylation sites is 2. The molecule has 0 aliphatic carbocycles. The number of aromatic nitrogens is 1. The van der Waals surface area contributed by atoms with Crippen LogP contribution in [-0.4, -0.2) is 48.1 Å². The van der Waals surface area contributed by atoms with Crippen LogP contribution >= 0.6 is 0 Å². The number of anilines is 1. The van der Waals surface area contributed by atoms with Crippen molar-refractivity contribution in [3.8, 4) is 5.75 Å². The minimum absolute atomic E-state index is 0.0811. The van der Waals surface area contributed by atoms with Crippen molar-refractivity contribution < 1.29 is 13.9 Å². The van der Waals surface area contributed by atoms with E-state index in [-0.39, 0.29) is 11.4 Å². The highest BCUT2D eigenvalue weighted by molar-refractivity contribution is 5.92. The Hall–Kier alpha value is -2.50. The molecule has 1 aromatic heterocycles. The van der Waals surface area contributed by atoms with E-state index in [2.05, 4.69) is 29.8 Å². The summed E-state index contributed by atoms with van der Waals surface area (Å²) in [7, 11) is 1.68. The molecule has 0 saturated carbocycles. The smallest absolute Gasteiger partial charge is 0.291 e. The molecule has 3 rings (SSSR count). The molecule has 1 aliphatic heterocycles. The average Bonchev–Trinajstić information content (AvgIpc) is 3.01. The molecule has 1 amide bonds. The fraction of sp³-hybridized carbons (Fsp3) is 0.500. The number of benzene rings is 1. The maximum atomic E-state index is 13.0. The molecule has 0 bridgehead atoms. The first-order valence-corrected chi connectivity index (χ1v) is 9.03. The number of rotatable bonds is 4. The highest BCUT2D eigenvalue weighted by atomic mass is 16.5. The quantitative estimate of drug-likeness (QED) is 0.840. The van der Waals surface area contributed by atoms with Gasteiger partial charge in [-0.25, -0.2) is 4.98 Å². The van der Waals surface area contributed by atoms with Gasteiger partial charge in [-0.2, -0.15) is 0 Å². The van der Waals surface area contributed by atoms with Crippen molar-refractivity contribution in [3.63, 3.8) is 0 Å². The van der Waals surface area contributed by atoms with Gasteiger partial charge in [-0.15, -0.1) is 0 Å². The van der Waals surface area contributed by atoms with Crippen LogP contribution in [-0.2, 0) is 6.42 Å². The number of hydrogen-bond acceptors (Lipinski definition) is 5. The Balaban J connectivity index is 1.82. The lowest BCUT2D eigenvalue weighted by Gasteiger charge is -2.48. The van der Waals surface area contributed by atoms with Crippen molar-refractivity contribution in [1.82, 2.24) is 9.88 Å². The third kappa shape index (κ3) is 3.28. The lowest BCUT2D eigenvalue weighted by Crippen LogP contribution is -2.60. The molecular formula is C20H27N3O3. The van der Waals surface area contributed by atoms with Gasteiger partial charge >= 0.3 is 0 Å². The van der Waals surface area contributed by atoms with Crippen molar-refractivity contribution >= 4 is 11.6 Å². The van der Waals surface area contributed by atoms with Crippen LogP contribution in [0.3, 0.4) is 0 Å². The highest BCUT2D eigenvalue weighted by Crippen LogP contribution is 2.35. The normalized spacial score (nSPS) is 16.7. The van der Waals surface area contributed by atoms with Gasteiger partial charge in [-0.1, -0.05) is 19.1 Å². The van der Waals surface area contributed by atoms with Crippen LogP contribution in [0.15, 0.2) is 28.7 Å². The number of carbonyl (C=O) groups excluding carboxylic acids is 1. The van der Waals surface area contributed by atoms with Gasteiger partial charge in [-0.05, 0) is 32.9 Å². The van der Waals surface area contributed by atoms with E-state index in [0.717, 1.165) is 18.0 Å². The van der Waals surface area contributed by atoms with Crippen LogP contribution < -0.4 is 9.64 Å². The third-order valence-electron chi connectivity index (χ3n) is 4.90. The third-order valence-corrected chi connectivity index (χ3v) is 4.90. The number of carbonyl (C=O) groups is 1. The fourth-order valence-corrected chi connectivity index (χ4v) is 3.57. The number of ether oxygens (including phenoxy) is 1. The van der Waals surface area contributed by atoms with Gasteiger partial charge in [0.1, 0.15) is 5.75 Å². The second-order valence-corrected chi connectivity index (χ2v) is 7.24. The first kappa shape index (κ1) is 18.3. The molecule has 2 heterocycles. The van der Waals surface area contributed by atoms with Gasteiger partial charge in [-0.3, -0.25) is 4.79 Å². The summed E-state index contributed by atoms with van der Waals surface area (Å²) >= 11 is 0. The van der Waals surface area contributed by atoms with Gasteiger partial charge in [0.15, 0.2) is 5.89 Å². The number of methoxy groups -OCH3 is 1. The minimum atomic E-state index is -0.232. The van der Waals surface area contributed by atoms with Gasteiger partial charge in [0.05, 0.1) is 24.0 Å². The molecule has 0 spiro atoms. The van der Waals surface area contributed by atoms with Gasteiger partial charge in [0, 0.05) is 26.1 Å². The lowest BCUT2D eigenvalue weighted by atomic mass is 9.97. The van der Waals surface area contributed by atoms with Crippen LogP contribution in [0.25, 0.3) is 0 Å². The Morgan fingerprint density at radius 1 is 1.31 bits per heavy atom. The van der Waals surface area contributed by atoms with E-state index in [4.69, 9.17) is 9.15 Å². The van der Waals surface area contributed by atoms with Crippen LogP contribution in [0, 0.1) is 6.92 Å². The Kier molecular flexibility index (Phi) is 4.94. The zero-order chi connectivity index (χ0) is 18.9. The number of oxazole rings is 1. The summed E-state index contributed by atoms with van der Waals surface area (Å²) in [4.78, 5) is 21.4. The van der Waals surface area contributed by atoms with E-state index in [1.807, 2.05) is 36.9 Å². The number of aryl methyl sites for hydroxylation is 2. The SMILES string of the molecule is CCc1nc(C)c(C(=O)N2CCN(c3ccccc3OC)C(C)(C)C2)o1. The molecule has 0 N–H and O–H groups in total. The Bertz CT molecular complexity index is 797. The summed E-state index contributed by atoms with van der Waals surface area (Å²) in [5.74, 6) is 1.74. The molecule has 6 nitrogen and oxygen atoms in total. The van der Waals surface area contributed by atoms with Crippen LogP contribution in [0.5, 0.6) is 5.75 Å². The molecule has 1 aromatic carbocycles. The number of piperazine rings is 1. The van der Waals surface area contributed by atoms with Crippen molar-refractivity contribution in [3.05, 3.63) is 41.6 Å². The lowest BCUT2D eigenvalue weighted by molar-refractivity contribution is 0.0651. The van der Waals surface area contributed by atoms with Crippen molar-refractivity contribution in [2.75, 3.05) is 31.6 Å². The zero-order valence-electron chi connectivity index (χ0n) is 16.2. The summed E-state index contributed by atoms with van der Waals surface area (Å²) in [6, 6.07) is 8.00. The predicted molar refractivity (Wildman–Crippen MR) is 101 cm³/mol. The first-order valence-electron chi connectivity index (χ1n) is 9.03. The molecule has 6 heteroatoms. The van der Waals surface area contributed by atoms with Crippen molar-refractivity contribution in [2.45, 2.75) is 39.7 Å². The standard InChI is InChI=1S/C20H27N3O3/c1-6-17-21-14(2)18(26-17)19(24)22-11-12-23(20(3,4)13-22)15-9-7-8-10-16(15)25-5/h7-10H,6,11-13H2,1-5H3. The van der Waals surface area contributed by atoms with Crippen molar-refractivity contribution in [2.24, 2.45) is 0 Å². The Morgan fingerprint density at radius 2 is 2.04 bits per heavy atom. The molecular weight excluding hydrogens is 330 g/mol. The molecule has 2 aromatic rings. The second-order valence-electron chi connectivity index (χ2n) is 7.24. The van der Waals surface area contributed by atoms with E-state index in [1.165, 1.54) is 0 Å². The molecule has 1 fully saturated rings. The fourth-order valence-electron chi connectivity index (χ4n) is 3.57. The Morgan fingerprint density at radius 3 is 2.65 bits per heavy atom. The molecule has 0 radical (unpaired) electrons. The Labute approximate surface area is 154 Å². The van der Waals surface area contributed by atoms with E-state index in [1.54, 1.807) is 7.11 Å². The minimum Gasteiger partial charge on any atom is -0.495 e. The summed E-state index contributed by atoms with van der Waals surface area (Å²) < 4.78 is 11.2. The molecule has 1 aliphatic rings. The predicted octanol–water partition coefficient (Wildman–Crippen LogP) is 3.30. The first-order chi connectivity index (χ1) is 12.4. The van der Waals surface area contributed by atoms with Crippen molar-refractivity contribution in [1.29, 1.82) is 0 Å². The van der Waals surface area contributed by atoms with Crippen LogP contribution in [0.4, 0.5) is 5.69 Å². The molecule has 0 atom stereocenters. The summed E-state index contributed by atoms with van der Waals surface area (Å²) in [5.41, 5.74) is 1.48. The van der Waals surface area contributed by atoms with Gasteiger partial charge in [0.25, 0.3) is 5.91 Å². The monoisotopic (exact) mass is 357 g/mol. The maximum absolute atomic E-state index is 13.0. The summed E-state index contributed by atoms with van der Waals surface area (Å²) in [6.45, 7) is 10.0. The second kappa shape index (κ2) is 7.02. The van der Waals surface area contributed by atoms with E-state index < -0.39 is 0 Å². The zero-order valence-corrected chi connectivity index (χ0v) is 16.2. The highest BCUT2D eigenvalue weighted by Gasteiger charge is 2.38. The van der Waals surface area contributed by atoms with E-state index >= 15 is 0 Å². The average molecular weight is 357 g/mol. The van der Waals surface area contributed by atoms with Gasteiger partial charge < -0.3 is 19.0 Å². The molecule has 140 valence electrons. The van der Waals surface area contributed by atoms with E-state index in [0.29, 0.717) is 36.9 Å². The molecule has 1 saturated heterocycles. The molecule has 0 unspecified atom stereocenters. The van der Waals surface area contributed by atoms with Crippen LogP contribution in [0.2, 0.25) is 0 Å². The summed E-state index contributed by atoms with van der Waals surface area (Å²) in [6.07, 6.45) is 0.682. The topological polar surface area (TPSA) is 58.8 Å². The van der Waals surface area contributed by atoms with Crippen LogP contribution in [0.1, 0.15) is 42.9 Å². The number of nitrogens with zero attached hydrogens (tertiary/aromatic N) is 3. The molecule has 26 heavy (non-hydrogen) atoms. The number of hydrogen-bond donors (Lipinski definition) is 0. The van der Waals surface area contributed by atoms with E-state index in [9.17, 15) is 4.79 Å². The summed E-state index contributed by atoms with van der Waals surface area (Å²) in [5, 5.41) is 0.